The number of aliphatic hydroxyl groups is 1. The molecule has 0 bridgehead atoms. The van der Waals surface area contributed by atoms with Crippen LogP contribution >= 0.6 is 0 Å². The van der Waals surface area contributed by atoms with Gasteiger partial charge in [-0.2, -0.15) is 0 Å². The van der Waals surface area contributed by atoms with E-state index in [0.717, 1.165) is 57.6 Å². The molecular weight excluding hydrogens is 608 g/mol. The van der Waals surface area contributed by atoms with Crippen LogP contribution in [0.2, 0.25) is 0 Å². The Kier molecular flexibility index (Phi) is 9.04. The highest BCUT2D eigenvalue weighted by molar-refractivity contribution is 5.97. The second-order valence-corrected chi connectivity index (χ2v) is 12.0. The van der Waals surface area contributed by atoms with Gasteiger partial charge in [-0.25, -0.2) is 9.67 Å². The number of benzene rings is 5. The molecular formula is C41H36N6O2. The third-order valence-electron chi connectivity index (χ3n) is 8.90. The zero-order valence-electron chi connectivity index (χ0n) is 27.2. The first-order valence-electron chi connectivity index (χ1n) is 16.5. The Labute approximate surface area is 285 Å². The van der Waals surface area contributed by atoms with Gasteiger partial charge in [0.1, 0.15) is 17.1 Å². The van der Waals surface area contributed by atoms with E-state index in [4.69, 9.17) is 5.21 Å². The second kappa shape index (κ2) is 14.0. The molecule has 49 heavy (non-hydrogen) atoms. The quantitative estimate of drug-likeness (QED) is 0.106. The SMILES string of the molecule is CCCc1nc(C(=O)Cc2ccc(-c3ccccc3-c3nnnn3C(c3ccccc3)(c3ccccc3)c3ccccc3)cc2)c(CO)[nH]1. The Balaban J connectivity index is 1.30. The first-order chi connectivity index (χ1) is 24.1. The van der Waals surface area contributed by atoms with E-state index >= 15 is 0 Å². The number of aryl methyl sites for hydroxylation is 1. The van der Waals surface area contributed by atoms with Crippen molar-refractivity contribution in [3.8, 4) is 22.5 Å². The number of tetrazole rings is 1. The molecule has 0 unspecified atom stereocenters. The molecule has 0 saturated heterocycles. The lowest BCUT2D eigenvalue weighted by molar-refractivity contribution is 0.0985. The van der Waals surface area contributed by atoms with Gasteiger partial charge in [0.15, 0.2) is 11.6 Å². The fourth-order valence-corrected chi connectivity index (χ4v) is 6.65. The van der Waals surface area contributed by atoms with Crippen LogP contribution in [0.15, 0.2) is 140 Å². The van der Waals surface area contributed by atoms with Crippen LogP contribution in [0.25, 0.3) is 22.5 Å². The maximum atomic E-state index is 13.2. The van der Waals surface area contributed by atoms with E-state index in [-0.39, 0.29) is 18.8 Å². The number of carbonyl (C=O) groups is 1. The average Bonchev–Trinajstić information content (AvgIpc) is 3.82. The van der Waals surface area contributed by atoms with Gasteiger partial charge < -0.3 is 10.1 Å². The monoisotopic (exact) mass is 644 g/mol. The van der Waals surface area contributed by atoms with Crippen molar-refractivity contribution in [3.63, 3.8) is 0 Å². The van der Waals surface area contributed by atoms with Crippen molar-refractivity contribution in [1.29, 1.82) is 0 Å². The van der Waals surface area contributed by atoms with Crippen molar-refractivity contribution >= 4 is 5.78 Å². The number of carbonyl (C=O) groups excluding carboxylic acids is 1. The minimum Gasteiger partial charge on any atom is -0.390 e. The predicted octanol–water partition coefficient (Wildman–Crippen LogP) is 7.44. The Hall–Kier alpha value is -5.99. The number of Topliss-reactive ketones (excluding diaryl/α,β-unsaturated/α-hetero) is 1. The van der Waals surface area contributed by atoms with Gasteiger partial charge in [0.25, 0.3) is 0 Å². The van der Waals surface area contributed by atoms with Crippen LogP contribution in [0.3, 0.4) is 0 Å². The molecule has 0 spiro atoms. The molecule has 0 saturated carbocycles. The predicted molar refractivity (Wildman–Crippen MR) is 190 cm³/mol. The van der Waals surface area contributed by atoms with Gasteiger partial charge in [0, 0.05) is 18.4 Å². The molecule has 7 aromatic rings. The number of H-pyrrole nitrogens is 1. The number of imidazole rings is 1. The number of hydrogen-bond donors (Lipinski definition) is 2. The number of rotatable bonds is 12. The Morgan fingerprint density at radius 2 is 1.29 bits per heavy atom. The minimum absolute atomic E-state index is 0.131. The Bertz CT molecular complexity index is 2060. The highest BCUT2D eigenvalue weighted by atomic mass is 16.3. The topological polar surface area (TPSA) is 110 Å². The Morgan fingerprint density at radius 3 is 1.84 bits per heavy atom. The van der Waals surface area contributed by atoms with Gasteiger partial charge in [-0.3, -0.25) is 4.79 Å². The van der Waals surface area contributed by atoms with E-state index in [1.165, 1.54) is 0 Å². The molecule has 0 radical (unpaired) electrons. The van der Waals surface area contributed by atoms with E-state index in [0.29, 0.717) is 17.2 Å². The van der Waals surface area contributed by atoms with E-state index in [9.17, 15) is 9.90 Å². The van der Waals surface area contributed by atoms with Crippen molar-refractivity contribution in [1.82, 2.24) is 30.2 Å². The summed E-state index contributed by atoms with van der Waals surface area (Å²) < 4.78 is 1.94. The van der Waals surface area contributed by atoms with Gasteiger partial charge >= 0.3 is 0 Å². The van der Waals surface area contributed by atoms with E-state index in [1.54, 1.807) is 0 Å². The molecule has 8 heteroatoms. The molecule has 2 heterocycles. The number of nitrogens with one attached hydrogen (secondary N) is 1. The van der Waals surface area contributed by atoms with Crippen LogP contribution in [0.1, 0.15) is 57.6 Å². The number of hydrogen-bond acceptors (Lipinski definition) is 6. The van der Waals surface area contributed by atoms with Crippen molar-refractivity contribution in [2.45, 2.75) is 38.3 Å². The van der Waals surface area contributed by atoms with Crippen LogP contribution < -0.4 is 0 Å². The van der Waals surface area contributed by atoms with Crippen LogP contribution in [0, 0.1) is 0 Å². The highest BCUT2D eigenvalue weighted by Gasteiger charge is 2.42. The zero-order chi connectivity index (χ0) is 33.6. The molecule has 2 aromatic heterocycles. The smallest absolute Gasteiger partial charge is 0.187 e. The van der Waals surface area contributed by atoms with Crippen LogP contribution in [-0.4, -0.2) is 41.1 Å². The number of aliphatic hydroxyl groups excluding tert-OH is 1. The molecule has 0 aliphatic carbocycles. The third-order valence-corrected chi connectivity index (χ3v) is 8.90. The summed E-state index contributed by atoms with van der Waals surface area (Å²) in [6.45, 7) is 1.79. The second-order valence-electron chi connectivity index (χ2n) is 12.0. The summed E-state index contributed by atoms with van der Waals surface area (Å²) in [5.74, 6) is 1.21. The molecule has 5 aromatic carbocycles. The molecule has 0 aliphatic rings. The van der Waals surface area contributed by atoms with E-state index in [2.05, 4.69) is 69.7 Å². The van der Waals surface area contributed by atoms with Crippen LogP contribution in [0.5, 0.6) is 0 Å². The standard InChI is InChI=1S/C41H36N6O2/c1-2-14-38-42-36(28-48)39(43-38)37(49)27-29-23-25-30(26-24-29)34-21-12-13-22-35(34)40-44-45-46-47(40)41(31-15-6-3-7-16-31,32-17-8-4-9-18-32)33-19-10-5-11-20-33/h3-13,15-26,48H,2,14,27-28H2,1H3,(H,42,43). The van der Waals surface area contributed by atoms with E-state index in [1.807, 2.05) is 102 Å². The van der Waals surface area contributed by atoms with Gasteiger partial charge in [-0.1, -0.05) is 146 Å². The molecule has 2 N–H and O–H groups in total. The van der Waals surface area contributed by atoms with Crippen molar-refractivity contribution in [2.24, 2.45) is 0 Å². The molecule has 242 valence electrons. The maximum Gasteiger partial charge on any atom is 0.187 e. The van der Waals surface area contributed by atoms with Gasteiger partial charge in [-0.15, -0.1) is 5.10 Å². The summed E-state index contributed by atoms with van der Waals surface area (Å²) in [7, 11) is 0. The van der Waals surface area contributed by atoms with Gasteiger partial charge in [-0.05, 0) is 50.2 Å². The molecule has 0 amide bonds. The number of aromatic nitrogens is 6. The number of aromatic amines is 1. The average molecular weight is 645 g/mol. The first-order valence-corrected chi connectivity index (χ1v) is 16.5. The van der Waals surface area contributed by atoms with Crippen LogP contribution in [0.4, 0.5) is 0 Å². The summed E-state index contributed by atoms with van der Waals surface area (Å²) in [4.78, 5) is 20.8. The summed E-state index contributed by atoms with van der Waals surface area (Å²) in [5, 5.41) is 23.5. The van der Waals surface area contributed by atoms with Crippen molar-refractivity contribution in [2.75, 3.05) is 0 Å². The normalized spacial score (nSPS) is 11.5. The summed E-state index contributed by atoms with van der Waals surface area (Å²) >= 11 is 0. The fourth-order valence-electron chi connectivity index (χ4n) is 6.65. The summed E-state index contributed by atoms with van der Waals surface area (Å²) in [6.07, 6.45) is 1.80. The van der Waals surface area contributed by atoms with E-state index < -0.39 is 5.54 Å². The van der Waals surface area contributed by atoms with Crippen molar-refractivity contribution in [3.05, 3.63) is 179 Å². The van der Waals surface area contributed by atoms with Crippen molar-refractivity contribution < 1.29 is 9.90 Å². The lowest BCUT2D eigenvalue weighted by Gasteiger charge is -2.36. The van der Waals surface area contributed by atoms with Gasteiger partial charge in [0.2, 0.25) is 0 Å². The fraction of sp³-hybridized carbons (Fsp3) is 0.146. The molecule has 7 rings (SSSR count). The first kappa shape index (κ1) is 31.6. The van der Waals surface area contributed by atoms with Gasteiger partial charge in [0.05, 0.1) is 12.3 Å². The summed E-state index contributed by atoms with van der Waals surface area (Å²) in [5.41, 5.74) is 6.62. The number of ketones is 1. The summed E-state index contributed by atoms with van der Waals surface area (Å²) in [6, 6.07) is 47.1. The van der Waals surface area contributed by atoms with Crippen LogP contribution in [-0.2, 0) is 25.0 Å². The molecule has 8 nitrogen and oxygen atoms in total. The largest absolute Gasteiger partial charge is 0.390 e. The Morgan fingerprint density at radius 1 is 0.735 bits per heavy atom. The molecule has 0 aliphatic heterocycles. The lowest BCUT2D eigenvalue weighted by atomic mass is 9.77. The molecule has 0 atom stereocenters. The minimum atomic E-state index is -0.878. The molecule has 0 fully saturated rings. The zero-order valence-corrected chi connectivity index (χ0v) is 27.2. The third kappa shape index (κ3) is 5.98. The maximum absolute atomic E-state index is 13.2. The highest BCUT2D eigenvalue weighted by Crippen LogP contribution is 2.43. The number of nitrogens with zero attached hydrogens (tertiary/aromatic N) is 5. The lowest BCUT2D eigenvalue weighted by Crippen LogP contribution is -2.39.